The zero-order valence-electron chi connectivity index (χ0n) is 30.4. The fourth-order valence-corrected chi connectivity index (χ4v) is 7.71. The van der Waals surface area contributed by atoms with E-state index >= 15 is 0 Å². The lowest BCUT2D eigenvalue weighted by Gasteiger charge is -2.40. The predicted octanol–water partition coefficient (Wildman–Crippen LogP) is 4.61. The van der Waals surface area contributed by atoms with Gasteiger partial charge in [0, 0.05) is 55.9 Å². The Hall–Kier alpha value is -5.32. The molecule has 6 rings (SSSR count). The third kappa shape index (κ3) is 8.25. The molecule has 0 bridgehead atoms. The average molecular weight is 708 g/mol. The Balaban J connectivity index is 1.22. The maximum atomic E-state index is 14.3. The van der Waals surface area contributed by atoms with E-state index in [1.807, 2.05) is 62.5 Å². The van der Waals surface area contributed by atoms with Crippen LogP contribution in [0.1, 0.15) is 48.2 Å². The fraction of sp³-hybridized carbons (Fsp3) is 0.415. The third-order valence-electron chi connectivity index (χ3n) is 10.3. The number of rotatable bonds is 13. The molecule has 0 saturated carbocycles. The average Bonchev–Trinajstić information content (AvgIpc) is 3.82. The van der Waals surface area contributed by atoms with Crippen molar-refractivity contribution in [3.8, 4) is 11.5 Å². The van der Waals surface area contributed by atoms with E-state index in [4.69, 9.17) is 9.47 Å². The first-order chi connectivity index (χ1) is 25.1. The Morgan fingerprint density at radius 1 is 0.904 bits per heavy atom. The number of nitrogens with zero attached hydrogens (tertiary/aromatic N) is 2. The zero-order valence-corrected chi connectivity index (χ0v) is 30.4. The summed E-state index contributed by atoms with van der Waals surface area (Å²) in [5.41, 5.74) is 3.49. The molecule has 0 radical (unpaired) electrons. The quantitative estimate of drug-likeness (QED) is 0.186. The lowest BCUT2D eigenvalue weighted by Crippen LogP contribution is -2.56. The number of hydrogen-bond acceptors (Lipinski definition) is 6. The molecular weight excluding hydrogens is 658 g/mol. The van der Waals surface area contributed by atoms with Crippen LogP contribution in [0.15, 0.2) is 79.0 Å². The number of likely N-dealkylation sites (N-methyl/N-ethyl adjacent to an activating group) is 1. The lowest BCUT2D eigenvalue weighted by molar-refractivity contribution is -0.140. The van der Waals surface area contributed by atoms with Crippen LogP contribution in [0.4, 0.5) is 0 Å². The van der Waals surface area contributed by atoms with Crippen LogP contribution in [0, 0.1) is 17.8 Å². The highest BCUT2D eigenvalue weighted by Gasteiger charge is 2.48. The second kappa shape index (κ2) is 16.4. The van der Waals surface area contributed by atoms with Crippen molar-refractivity contribution in [2.75, 3.05) is 40.3 Å². The van der Waals surface area contributed by atoms with E-state index in [1.54, 1.807) is 42.2 Å². The number of fused-ring (bicyclic) bond motifs is 2. The van der Waals surface area contributed by atoms with Crippen LogP contribution in [0.5, 0.6) is 11.5 Å². The number of aryl methyl sites for hydroxylation is 1. The summed E-state index contributed by atoms with van der Waals surface area (Å²) in [6.45, 7) is 5.24. The largest absolute Gasteiger partial charge is 0.493 e. The topological polar surface area (TPSA) is 133 Å². The number of H-pyrrole nitrogens is 1. The molecule has 3 aromatic carbocycles. The summed E-state index contributed by atoms with van der Waals surface area (Å²) in [7, 11) is 3.11. The Morgan fingerprint density at radius 3 is 2.44 bits per heavy atom. The van der Waals surface area contributed by atoms with Gasteiger partial charge in [-0.3, -0.25) is 19.2 Å². The standard InChI is InChI=1S/C41H49N5O6/c1-26(2)52-36-17-16-29(20-37(36)51-4)41(50)46-23-30-22-45(38(47)21-28-13-9-14-34-31(28)18-19-43-34)25-33(32(30)24-46)39(48)44-35(40(49)42-3)15-8-12-27-10-6-5-7-11-27/h5-7,9-11,13-14,16-20,26,30,32-33,35,43H,8,12,15,21-25H2,1-4H3,(H,42,49)(H,44,48)/t30?,32?,33?,35-/m0/s1. The number of likely N-dealkylation sites (tertiary alicyclic amines) is 2. The molecule has 0 aliphatic carbocycles. The van der Waals surface area contributed by atoms with Gasteiger partial charge >= 0.3 is 0 Å². The summed E-state index contributed by atoms with van der Waals surface area (Å²) in [5, 5.41) is 6.75. The first-order valence-electron chi connectivity index (χ1n) is 18.2. The third-order valence-corrected chi connectivity index (χ3v) is 10.3. The Labute approximate surface area is 305 Å². The first kappa shape index (κ1) is 36.5. The molecule has 4 aromatic rings. The molecule has 2 aliphatic heterocycles. The molecule has 11 heteroatoms. The number of nitrogens with one attached hydrogen (secondary N) is 3. The Bertz CT molecular complexity index is 1890. The van der Waals surface area contributed by atoms with Gasteiger partial charge in [-0.05, 0) is 86.4 Å². The van der Waals surface area contributed by atoms with Gasteiger partial charge in [0.05, 0.1) is 25.6 Å². The second-order valence-corrected chi connectivity index (χ2v) is 14.2. The molecule has 3 N–H and O–H groups in total. The van der Waals surface area contributed by atoms with E-state index < -0.39 is 12.0 Å². The fourth-order valence-electron chi connectivity index (χ4n) is 7.71. The minimum absolute atomic E-state index is 0.0614. The number of methoxy groups -OCH3 is 1. The van der Waals surface area contributed by atoms with Gasteiger partial charge in [-0.25, -0.2) is 0 Å². The number of carbonyl (C=O) groups excluding carboxylic acids is 4. The van der Waals surface area contributed by atoms with Crippen molar-refractivity contribution in [3.05, 3.63) is 95.7 Å². The van der Waals surface area contributed by atoms with Gasteiger partial charge in [0.2, 0.25) is 17.7 Å². The summed E-state index contributed by atoms with van der Waals surface area (Å²) >= 11 is 0. The minimum atomic E-state index is -0.727. The normalized spacial score (nSPS) is 18.9. The molecule has 4 atom stereocenters. The van der Waals surface area contributed by atoms with E-state index in [9.17, 15) is 19.2 Å². The highest BCUT2D eigenvalue weighted by molar-refractivity contribution is 5.95. The van der Waals surface area contributed by atoms with Crippen molar-refractivity contribution >= 4 is 34.5 Å². The molecule has 2 aliphatic rings. The Morgan fingerprint density at radius 2 is 1.69 bits per heavy atom. The first-order valence-corrected chi connectivity index (χ1v) is 18.2. The van der Waals surface area contributed by atoms with Crippen LogP contribution < -0.4 is 20.1 Å². The van der Waals surface area contributed by atoms with Crippen molar-refractivity contribution in [3.63, 3.8) is 0 Å². The molecule has 2 saturated heterocycles. The molecule has 52 heavy (non-hydrogen) atoms. The lowest BCUT2D eigenvalue weighted by atomic mass is 9.79. The summed E-state index contributed by atoms with van der Waals surface area (Å²) < 4.78 is 11.4. The van der Waals surface area contributed by atoms with Crippen LogP contribution >= 0.6 is 0 Å². The number of carbonyl (C=O) groups is 4. The van der Waals surface area contributed by atoms with Crippen molar-refractivity contribution < 1.29 is 28.7 Å². The van der Waals surface area contributed by atoms with Crippen LogP contribution in [-0.2, 0) is 27.2 Å². The SMILES string of the molecule is CNC(=O)[C@H](CCCc1ccccc1)NC(=O)C1CN(C(=O)Cc2cccc3[nH]ccc23)CC2CN(C(=O)c3ccc(OC(C)C)c(OC)c3)CC21. The number of hydrogen-bond donors (Lipinski definition) is 3. The smallest absolute Gasteiger partial charge is 0.254 e. The van der Waals surface area contributed by atoms with Gasteiger partial charge in [0.15, 0.2) is 11.5 Å². The van der Waals surface area contributed by atoms with Crippen LogP contribution in [0.25, 0.3) is 10.9 Å². The second-order valence-electron chi connectivity index (χ2n) is 14.2. The monoisotopic (exact) mass is 707 g/mol. The van der Waals surface area contributed by atoms with Gasteiger partial charge in [0.25, 0.3) is 5.91 Å². The van der Waals surface area contributed by atoms with E-state index in [0.29, 0.717) is 49.5 Å². The molecule has 3 unspecified atom stereocenters. The van der Waals surface area contributed by atoms with Crippen molar-refractivity contribution in [1.82, 2.24) is 25.4 Å². The van der Waals surface area contributed by atoms with E-state index in [2.05, 4.69) is 27.8 Å². The number of benzene rings is 3. The van der Waals surface area contributed by atoms with Gasteiger partial charge in [0.1, 0.15) is 6.04 Å². The molecule has 4 amide bonds. The number of ether oxygens (including phenoxy) is 2. The number of amides is 4. The zero-order chi connectivity index (χ0) is 36.8. The highest BCUT2D eigenvalue weighted by Crippen LogP contribution is 2.38. The summed E-state index contributed by atoms with van der Waals surface area (Å²) in [5.74, 6) is -0.696. The maximum Gasteiger partial charge on any atom is 0.254 e. The summed E-state index contributed by atoms with van der Waals surface area (Å²) in [6.07, 6.45) is 3.94. The van der Waals surface area contributed by atoms with Crippen molar-refractivity contribution in [2.45, 2.75) is 51.7 Å². The maximum absolute atomic E-state index is 14.3. The van der Waals surface area contributed by atoms with Crippen molar-refractivity contribution in [1.29, 1.82) is 0 Å². The van der Waals surface area contributed by atoms with Gasteiger partial charge in [-0.1, -0.05) is 42.5 Å². The van der Waals surface area contributed by atoms with E-state index in [-0.39, 0.29) is 54.5 Å². The molecule has 1 aromatic heterocycles. The van der Waals surface area contributed by atoms with Gasteiger partial charge in [-0.15, -0.1) is 0 Å². The summed E-state index contributed by atoms with van der Waals surface area (Å²) in [4.78, 5) is 62.0. The number of piperidine rings is 1. The van der Waals surface area contributed by atoms with E-state index in [1.165, 1.54) is 5.56 Å². The molecule has 2 fully saturated rings. The minimum Gasteiger partial charge on any atom is -0.493 e. The summed E-state index contributed by atoms with van der Waals surface area (Å²) in [6, 6.07) is 22.3. The predicted molar refractivity (Wildman–Crippen MR) is 199 cm³/mol. The number of aromatic amines is 1. The Kier molecular flexibility index (Phi) is 11.5. The van der Waals surface area contributed by atoms with E-state index in [0.717, 1.165) is 22.9 Å². The highest BCUT2D eigenvalue weighted by atomic mass is 16.5. The van der Waals surface area contributed by atoms with Crippen LogP contribution in [-0.4, -0.2) is 90.9 Å². The van der Waals surface area contributed by atoms with Gasteiger partial charge in [-0.2, -0.15) is 0 Å². The van der Waals surface area contributed by atoms with Gasteiger partial charge < -0.3 is 34.9 Å². The van der Waals surface area contributed by atoms with Crippen LogP contribution in [0.2, 0.25) is 0 Å². The van der Waals surface area contributed by atoms with Crippen molar-refractivity contribution in [2.24, 2.45) is 17.8 Å². The van der Waals surface area contributed by atoms with Crippen LogP contribution in [0.3, 0.4) is 0 Å². The molecule has 3 heterocycles. The molecule has 11 nitrogen and oxygen atoms in total. The number of aromatic nitrogens is 1. The molecular formula is C41H49N5O6. The molecule has 0 spiro atoms. The molecule has 274 valence electrons.